The fourth-order valence-electron chi connectivity index (χ4n) is 1.03. The first-order valence-corrected chi connectivity index (χ1v) is 5.11. The van der Waals surface area contributed by atoms with Crippen molar-refractivity contribution in [1.29, 1.82) is 0 Å². The standard InChI is InChI=1S/C11H15N4O2/c1-11(2,3)6-9(16)14-15-10(17)8-7-12-4-5-13-8/h4-7H,1-3H3,(H,14,16)(H,15,17). The smallest absolute Gasteiger partial charge is 0.273 e. The van der Waals surface area contributed by atoms with E-state index in [1.54, 1.807) is 0 Å². The number of carbonyl (C=O) groups excluding carboxylic acids is 2. The van der Waals surface area contributed by atoms with Crippen molar-refractivity contribution in [2.24, 2.45) is 5.41 Å². The quantitative estimate of drug-likeness (QED) is 0.730. The number of carbonyl (C=O) groups is 2. The zero-order valence-corrected chi connectivity index (χ0v) is 10.0. The highest BCUT2D eigenvalue weighted by atomic mass is 16.2. The number of hydrazine groups is 1. The molecular weight excluding hydrogens is 220 g/mol. The van der Waals surface area contributed by atoms with Crippen molar-refractivity contribution in [2.75, 3.05) is 0 Å². The highest BCUT2D eigenvalue weighted by Crippen LogP contribution is 2.16. The number of amides is 2. The lowest BCUT2D eigenvalue weighted by molar-refractivity contribution is -0.119. The maximum Gasteiger partial charge on any atom is 0.289 e. The van der Waals surface area contributed by atoms with Crippen LogP contribution in [-0.2, 0) is 4.79 Å². The third kappa shape index (κ3) is 5.05. The minimum absolute atomic E-state index is 0.142. The van der Waals surface area contributed by atoms with Crippen molar-refractivity contribution in [3.8, 4) is 0 Å². The Morgan fingerprint density at radius 2 is 1.94 bits per heavy atom. The lowest BCUT2D eigenvalue weighted by Gasteiger charge is -2.16. The average molecular weight is 235 g/mol. The third-order valence-corrected chi connectivity index (χ3v) is 1.66. The molecule has 6 nitrogen and oxygen atoms in total. The zero-order valence-electron chi connectivity index (χ0n) is 10.0. The molecule has 0 unspecified atom stereocenters. The molecule has 0 bridgehead atoms. The molecule has 0 aliphatic rings. The predicted octanol–water partition coefficient (Wildman–Crippen LogP) is 0.488. The van der Waals surface area contributed by atoms with Crippen LogP contribution in [-0.4, -0.2) is 21.8 Å². The van der Waals surface area contributed by atoms with Crippen LogP contribution in [0.4, 0.5) is 0 Å². The molecule has 0 saturated carbocycles. The summed E-state index contributed by atoms with van der Waals surface area (Å²) in [6, 6.07) is 0. The Bertz CT molecular complexity index is 398. The summed E-state index contributed by atoms with van der Waals surface area (Å²) in [5, 5.41) is 0. The van der Waals surface area contributed by atoms with Gasteiger partial charge in [-0.15, -0.1) is 0 Å². The predicted molar refractivity (Wildman–Crippen MR) is 61.4 cm³/mol. The summed E-state index contributed by atoms with van der Waals surface area (Å²) in [6.07, 6.45) is 5.65. The van der Waals surface area contributed by atoms with Crippen LogP contribution in [0.3, 0.4) is 0 Å². The van der Waals surface area contributed by atoms with Gasteiger partial charge in [-0.1, -0.05) is 20.8 Å². The summed E-state index contributed by atoms with van der Waals surface area (Å²) in [6.45, 7) is 5.66. The summed E-state index contributed by atoms with van der Waals surface area (Å²) in [5.41, 5.74) is 4.42. The Morgan fingerprint density at radius 3 is 2.47 bits per heavy atom. The summed E-state index contributed by atoms with van der Waals surface area (Å²) < 4.78 is 0. The van der Waals surface area contributed by atoms with Crippen LogP contribution in [0.5, 0.6) is 0 Å². The minimum Gasteiger partial charge on any atom is -0.273 e. The highest BCUT2D eigenvalue weighted by molar-refractivity contribution is 5.94. The molecule has 1 rings (SSSR count). The van der Waals surface area contributed by atoms with Gasteiger partial charge in [-0.05, 0) is 5.41 Å². The van der Waals surface area contributed by atoms with Crippen molar-refractivity contribution in [1.82, 2.24) is 20.8 Å². The molecule has 1 heterocycles. The third-order valence-electron chi connectivity index (χ3n) is 1.66. The van der Waals surface area contributed by atoms with Crippen LogP contribution in [0.1, 0.15) is 31.3 Å². The summed E-state index contributed by atoms with van der Waals surface area (Å²) in [5.74, 6) is -0.872. The lowest BCUT2D eigenvalue weighted by atomic mass is 9.92. The second-order valence-electron chi connectivity index (χ2n) is 4.54. The molecule has 0 fully saturated rings. The van der Waals surface area contributed by atoms with Gasteiger partial charge in [-0.3, -0.25) is 25.4 Å². The van der Waals surface area contributed by atoms with Gasteiger partial charge in [-0.25, -0.2) is 4.98 Å². The zero-order chi connectivity index (χ0) is 12.9. The van der Waals surface area contributed by atoms with Gasteiger partial charge in [0, 0.05) is 12.4 Å². The monoisotopic (exact) mass is 235 g/mol. The molecule has 0 saturated heterocycles. The van der Waals surface area contributed by atoms with Crippen molar-refractivity contribution >= 4 is 11.8 Å². The summed E-state index contributed by atoms with van der Waals surface area (Å²) in [4.78, 5) is 30.4. The van der Waals surface area contributed by atoms with E-state index in [1.807, 2.05) is 20.8 Å². The molecule has 0 atom stereocenters. The summed E-state index contributed by atoms with van der Waals surface area (Å²) in [7, 11) is 0. The van der Waals surface area contributed by atoms with Crippen LogP contribution in [0.2, 0.25) is 0 Å². The number of rotatable bonds is 2. The number of nitrogens with zero attached hydrogens (tertiary/aromatic N) is 2. The molecule has 0 aliphatic carbocycles. The minimum atomic E-state index is -0.506. The Labute approximate surface area is 99.8 Å². The number of hydrogen-bond donors (Lipinski definition) is 2. The first kappa shape index (κ1) is 13.1. The molecular formula is C11H15N4O2. The van der Waals surface area contributed by atoms with E-state index < -0.39 is 5.91 Å². The van der Waals surface area contributed by atoms with E-state index in [2.05, 4.69) is 20.8 Å². The van der Waals surface area contributed by atoms with E-state index in [1.165, 1.54) is 25.0 Å². The molecule has 2 amide bonds. The fraction of sp³-hybridized carbons (Fsp3) is 0.364. The molecule has 6 heteroatoms. The molecule has 1 aromatic rings. The van der Waals surface area contributed by atoms with E-state index in [0.717, 1.165) is 0 Å². The van der Waals surface area contributed by atoms with Crippen LogP contribution in [0.25, 0.3) is 0 Å². The van der Waals surface area contributed by atoms with Gasteiger partial charge in [-0.2, -0.15) is 0 Å². The van der Waals surface area contributed by atoms with Gasteiger partial charge in [0.05, 0.1) is 12.6 Å². The van der Waals surface area contributed by atoms with Gasteiger partial charge in [0.1, 0.15) is 5.69 Å². The second-order valence-corrected chi connectivity index (χ2v) is 4.54. The van der Waals surface area contributed by atoms with Crippen LogP contribution >= 0.6 is 0 Å². The Kier molecular flexibility index (Phi) is 4.14. The van der Waals surface area contributed by atoms with Crippen LogP contribution in [0, 0.1) is 11.8 Å². The van der Waals surface area contributed by atoms with Gasteiger partial charge < -0.3 is 0 Å². The Morgan fingerprint density at radius 1 is 1.24 bits per heavy atom. The maximum absolute atomic E-state index is 11.5. The normalized spacial score (nSPS) is 10.8. The average Bonchev–Trinajstić information content (AvgIpc) is 2.25. The van der Waals surface area contributed by atoms with Gasteiger partial charge >= 0.3 is 0 Å². The Balaban J connectivity index is 2.42. The first-order valence-electron chi connectivity index (χ1n) is 5.11. The molecule has 2 N–H and O–H groups in total. The topological polar surface area (TPSA) is 84.0 Å². The first-order chi connectivity index (χ1) is 7.88. The molecule has 0 spiro atoms. The molecule has 17 heavy (non-hydrogen) atoms. The van der Waals surface area contributed by atoms with Gasteiger partial charge in [0.25, 0.3) is 5.91 Å². The van der Waals surface area contributed by atoms with Crippen LogP contribution < -0.4 is 10.9 Å². The van der Waals surface area contributed by atoms with Crippen LogP contribution in [0.15, 0.2) is 18.6 Å². The molecule has 0 aromatic carbocycles. The van der Waals surface area contributed by atoms with E-state index in [-0.39, 0.29) is 17.0 Å². The van der Waals surface area contributed by atoms with E-state index >= 15 is 0 Å². The summed E-state index contributed by atoms with van der Waals surface area (Å²) >= 11 is 0. The molecule has 1 radical (unpaired) electrons. The fourth-order valence-corrected chi connectivity index (χ4v) is 1.03. The van der Waals surface area contributed by atoms with Crippen molar-refractivity contribution in [3.63, 3.8) is 0 Å². The Hall–Kier alpha value is -1.98. The molecule has 91 valence electrons. The van der Waals surface area contributed by atoms with Crippen molar-refractivity contribution < 1.29 is 9.59 Å². The lowest BCUT2D eigenvalue weighted by Crippen LogP contribution is -2.43. The molecule has 1 aromatic heterocycles. The highest BCUT2D eigenvalue weighted by Gasteiger charge is 2.17. The number of hydrogen-bond acceptors (Lipinski definition) is 4. The van der Waals surface area contributed by atoms with Crippen molar-refractivity contribution in [2.45, 2.75) is 20.8 Å². The van der Waals surface area contributed by atoms with E-state index in [0.29, 0.717) is 0 Å². The van der Waals surface area contributed by atoms with E-state index in [4.69, 9.17) is 0 Å². The number of aromatic nitrogens is 2. The number of nitrogens with one attached hydrogen (secondary N) is 2. The SMILES string of the molecule is CC(C)(C)[CH]C(=O)NNC(=O)c1cnccn1. The second kappa shape index (κ2) is 5.38. The maximum atomic E-state index is 11.5. The van der Waals surface area contributed by atoms with Gasteiger partial charge in [0.2, 0.25) is 5.91 Å². The van der Waals surface area contributed by atoms with E-state index in [9.17, 15) is 9.59 Å². The molecule has 0 aliphatic heterocycles. The van der Waals surface area contributed by atoms with Gasteiger partial charge in [0.15, 0.2) is 0 Å². The van der Waals surface area contributed by atoms with Crippen molar-refractivity contribution in [3.05, 3.63) is 30.7 Å². The largest absolute Gasteiger partial charge is 0.289 e.